The molecule has 0 aliphatic heterocycles. The van der Waals surface area contributed by atoms with Crippen molar-refractivity contribution in [2.24, 2.45) is 23.5 Å². The summed E-state index contributed by atoms with van der Waals surface area (Å²) in [6.07, 6.45) is 3.87. The molecule has 10 heteroatoms. The summed E-state index contributed by atoms with van der Waals surface area (Å²) in [5.41, 5.74) is 6.95. The Balaban J connectivity index is 2.10. The fourth-order valence-corrected chi connectivity index (χ4v) is 4.17. The zero-order valence-corrected chi connectivity index (χ0v) is 23.6. The molecule has 1 aromatic heterocycles. The van der Waals surface area contributed by atoms with Crippen LogP contribution in [0.5, 0.6) is 0 Å². The van der Waals surface area contributed by atoms with Crippen LogP contribution in [0, 0.1) is 17.8 Å². The Labute approximate surface area is 235 Å². The molecule has 0 fully saturated rings. The number of nitrogens with one attached hydrogen (secondary N) is 2. The van der Waals surface area contributed by atoms with Crippen molar-refractivity contribution in [3.63, 3.8) is 0 Å². The molecule has 4 N–H and O–H groups in total. The summed E-state index contributed by atoms with van der Waals surface area (Å²) in [4.78, 5) is 68.1. The number of ether oxygens (including phenoxy) is 1. The number of esters is 1. The Hall–Kier alpha value is -4.08. The number of pyridine rings is 1. The smallest absolute Gasteiger partial charge is 0.306 e. The first-order valence-electron chi connectivity index (χ1n) is 13.5. The summed E-state index contributed by atoms with van der Waals surface area (Å²) in [6, 6.07) is 10.3. The van der Waals surface area contributed by atoms with E-state index < -0.39 is 53.4 Å². The number of hydrogen-bond donors (Lipinski definition) is 3. The standard InChI is InChI=1S/C30H40N4O6/c1-5-20(4)26(27(36)30(39)33-24(28(31)37)15-22-12-9-13-32-17-22)34-29(38)23(14-19(2)3)16-25(35)40-18-21-10-7-6-8-11-21/h6-13,17,19-20,23-24,26H,5,14-16,18H2,1-4H3,(H2,31,37)(H,33,39)(H,34,38). The summed E-state index contributed by atoms with van der Waals surface area (Å²) in [5.74, 6) is -4.84. The minimum atomic E-state index is -1.15. The fourth-order valence-electron chi connectivity index (χ4n) is 4.17. The molecule has 4 atom stereocenters. The Morgan fingerprint density at radius 1 is 0.950 bits per heavy atom. The largest absolute Gasteiger partial charge is 0.461 e. The number of ketones is 1. The van der Waals surface area contributed by atoms with E-state index in [0.29, 0.717) is 18.4 Å². The van der Waals surface area contributed by atoms with Gasteiger partial charge in [0, 0.05) is 24.7 Å². The number of amides is 3. The number of primary amides is 1. The van der Waals surface area contributed by atoms with E-state index >= 15 is 0 Å². The average molecular weight is 553 g/mol. The highest BCUT2D eigenvalue weighted by Gasteiger charge is 2.35. The zero-order valence-electron chi connectivity index (χ0n) is 23.6. The molecule has 0 radical (unpaired) electrons. The minimum Gasteiger partial charge on any atom is -0.461 e. The Morgan fingerprint density at radius 3 is 2.20 bits per heavy atom. The SMILES string of the molecule is CCC(C)C(NC(=O)C(CC(=O)OCc1ccccc1)CC(C)C)C(=O)C(=O)NC(Cc1cccnc1)C(N)=O. The molecule has 1 aromatic carbocycles. The summed E-state index contributed by atoms with van der Waals surface area (Å²) >= 11 is 0. The van der Waals surface area contributed by atoms with E-state index in [0.717, 1.165) is 5.56 Å². The zero-order chi connectivity index (χ0) is 29.7. The van der Waals surface area contributed by atoms with Crippen LogP contribution in [0.2, 0.25) is 0 Å². The van der Waals surface area contributed by atoms with Crippen molar-refractivity contribution < 1.29 is 28.7 Å². The van der Waals surface area contributed by atoms with Gasteiger partial charge in [-0.1, -0.05) is 70.5 Å². The second kappa shape index (κ2) is 16.1. The van der Waals surface area contributed by atoms with Crippen LogP contribution >= 0.6 is 0 Å². The normalized spacial score (nSPS) is 13.9. The second-order valence-corrected chi connectivity index (χ2v) is 10.4. The molecule has 2 aromatic rings. The van der Waals surface area contributed by atoms with Gasteiger partial charge in [0.15, 0.2) is 0 Å². The number of rotatable bonds is 16. The van der Waals surface area contributed by atoms with Gasteiger partial charge < -0.3 is 21.1 Å². The van der Waals surface area contributed by atoms with Gasteiger partial charge in [-0.25, -0.2) is 0 Å². The van der Waals surface area contributed by atoms with E-state index in [9.17, 15) is 24.0 Å². The Bertz CT molecular complexity index is 1140. The number of hydrogen-bond acceptors (Lipinski definition) is 7. The highest BCUT2D eigenvalue weighted by atomic mass is 16.5. The van der Waals surface area contributed by atoms with Crippen molar-refractivity contribution in [3.8, 4) is 0 Å². The van der Waals surface area contributed by atoms with Crippen LogP contribution in [0.3, 0.4) is 0 Å². The van der Waals surface area contributed by atoms with Gasteiger partial charge in [-0.05, 0) is 35.4 Å². The van der Waals surface area contributed by atoms with E-state index in [4.69, 9.17) is 10.5 Å². The van der Waals surface area contributed by atoms with Crippen molar-refractivity contribution in [1.82, 2.24) is 15.6 Å². The molecule has 0 aliphatic rings. The van der Waals surface area contributed by atoms with Crippen molar-refractivity contribution in [2.45, 2.75) is 72.1 Å². The number of nitrogens with two attached hydrogens (primary N) is 1. The molecule has 2 rings (SSSR count). The third-order valence-corrected chi connectivity index (χ3v) is 6.61. The van der Waals surface area contributed by atoms with E-state index in [1.165, 1.54) is 6.20 Å². The first-order chi connectivity index (χ1) is 19.0. The Kier molecular flexibility index (Phi) is 13.0. The van der Waals surface area contributed by atoms with Crippen molar-refractivity contribution in [2.75, 3.05) is 0 Å². The van der Waals surface area contributed by atoms with Crippen LogP contribution in [-0.2, 0) is 41.7 Å². The fraction of sp³-hybridized carbons (Fsp3) is 0.467. The molecule has 216 valence electrons. The highest BCUT2D eigenvalue weighted by molar-refractivity contribution is 6.38. The predicted molar refractivity (Wildman–Crippen MR) is 149 cm³/mol. The molecule has 0 saturated carbocycles. The lowest BCUT2D eigenvalue weighted by atomic mass is 9.90. The second-order valence-electron chi connectivity index (χ2n) is 10.4. The summed E-state index contributed by atoms with van der Waals surface area (Å²) in [5, 5.41) is 5.11. The molecule has 4 unspecified atom stereocenters. The molecular weight excluding hydrogens is 512 g/mol. The van der Waals surface area contributed by atoms with Gasteiger partial charge >= 0.3 is 5.97 Å². The third-order valence-electron chi connectivity index (χ3n) is 6.61. The molecule has 3 amide bonds. The van der Waals surface area contributed by atoms with Crippen molar-refractivity contribution in [1.29, 1.82) is 0 Å². The van der Waals surface area contributed by atoms with Gasteiger partial charge in [0.25, 0.3) is 5.91 Å². The topological polar surface area (TPSA) is 158 Å². The highest BCUT2D eigenvalue weighted by Crippen LogP contribution is 2.19. The first kappa shape index (κ1) is 32.1. The molecule has 40 heavy (non-hydrogen) atoms. The summed E-state index contributed by atoms with van der Waals surface area (Å²) in [7, 11) is 0. The predicted octanol–water partition coefficient (Wildman–Crippen LogP) is 2.49. The lowest BCUT2D eigenvalue weighted by molar-refractivity contribution is -0.149. The molecule has 1 heterocycles. The molecule has 10 nitrogen and oxygen atoms in total. The van der Waals surface area contributed by atoms with Gasteiger partial charge in [-0.3, -0.25) is 29.0 Å². The monoisotopic (exact) mass is 552 g/mol. The van der Waals surface area contributed by atoms with E-state index in [-0.39, 0.29) is 25.4 Å². The van der Waals surface area contributed by atoms with Crippen molar-refractivity contribution >= 4 is 29.5 Å². The van der Waals surface area contributed by atoms with Crippen LogP contribution in [0.15, 0.2) is 54.9 Å². The first-order valence-corrected chi connectivity index (χ1v) is 13.5. The average Bonchev–Trinajstić information content (AvgIpc) is 2.93. The number of nitrogens with zero attached hydrogens (tertiary/aromatic N) is 1. The number of carbonyl (C=O) groups excluding carboxylic acids is 5. The third kappa shape index (κ3) is 10.6. The lowest BCUT2D eigenvalue weighted by Crippen LogP contribution is -2.55. The van der Waals surface area contributed by atoms with Gasteiger partial charge in [0.05, 0.1) is 12.5 Å². The van der Waals surface area contributed by atoms with Gasteiger partial charge in [-0.15, -0.1) is 0 Å². The van der Waals surface area contributed by atoms with Crippen LogP contribution in [0.25, 0.3) is 0 Å². The Morgan fingerprint density at radius 2 is 1.62 bits per heavy atom. The van der Waals surface area contributed by atoms with Crippen LogP contribution < -0.4 is 16.4 Å². The molecular formula is C30H40N4O6. The van der Waals surface area contributed by atoms with Crippen molar-refractivity contribution in [3.05, 3.63) is 66.0 Å². The minimum absolute atomic E-state index is 0.0596. The van der Waals surface area contributed by atoms with E-state index in [1.54, 1.807) is 25.3 Å². The number of aromatic nitrogens is 1. The number of carbonyl (C=O) groups is 5. The molecule has 0 aliphatic carbocycles. The maximum atomic E-state index is 13.3. The van der Waals surface area contributed by atoms with Crippen LogP contribution in [0.1, 0.15) is 58.1 Å². The van der Waals surface area contributed by atoms with Crippen LogP contribution in [0.4, 0.5) is 0 Å². The van der Waals surface area contributed by atoms with Gasteiger partial charge in [0.2, 0.25) is 17.6 Å². The number of benzene rings is 1. The van der Waals surface area contributed by atoms with E-state index in [1.807, 2.05) is 51.1 Å². The number of Topliss-reactive ketones (excluding diaryl/α,β-unsaturated/α-hetero) is 1. The molecule has 0 saturated heterocycles. The van der Waals surface area contributed by atoms with Gasteiger partial charge in [-0.2, -0.15) is 0 Å². The maximum absolute atomic E-state index is 13.3. The quantitative estimate of drug-likeness (QED) is 0.213. The lowest BCUT2D eigenvalue weighted by Gasteiger charge is -2.26. The maximum Gasteiger partial charge on any atom is 0.306 e. The molecule has 0 bridgehead atoms. The summed E-state index contributed by atoms with van der Waals surface area (Å²) in [6.45, 7) is 7.50. The molecule has 0 spiro atoms. The van der Waals surface area contributed by atoms with Gasteiger partial charge in [0.1, 0.15) is 12.6 Å². The van der Waals surface area contributed by atoms with Crippen LogP contribution in [-0.4, -0.2) is 46.5 Å². The summed E-state index contributed by atoms with van der Waals surface area (Å²) < 4.78 is 5.37. The van der Waals surface area contributed by atoms with E-state index in [2.05, 4.69) is 15.6 Å².